The summed E-state index contributed by atoms with van der Waals surface area (Å²) in [6.07, 6.45) is 0. The van der Waals surface area contributed by atoms with Crippen molar-refractivity contribution in [2.45, 2.75) is 26.8 Å². The summed E-state index contributed by atoms with van der Waals surface area (Å²) in [5.41, 5.74) is 3.18. The van der Waals surface area contributed by atoms with Gasteiger partial charge in [0.25, 0.3) is 0 Å². The van der Waals surface area contributed by atoms with Crippen LogP contribution in [-0.2, 0) is 4.79 Å². The molecular formula is C19H24N2O. The van der Waals surface area contributed by atoms with Crippen LogP contribution in [0, 0.1) is 12.8 Å². The van der Waals surface area contributed by atoms with Gasteiger partial charge in [-0.3, -0.25) is 4.79 Å². The summed E-state index contributed by atoms with van der Waals surface area (Å²) in [4.78, 5) is 12.1. The van der Waals surface area contributed by atoms with Crippen molar-refractivity contribution in [3.05, 3.63) is 65.7 Å². The Morgan fingerprint density at radius 3 is 2.41 bits per heavy atom. The lowest BCUT2D eigenvalue weighted by molar-refractivity contribution is -0.115. The number of rotatable bonds is 6. The van der Waals surface area contributed by atoms with E-state index >= 15 is 0 Å². The van der Waals surface area contributed by atoms with Crippen molar-refractivity contribution in [1.82, 2.24) is 5.32 Å². The molecule has 0 aromatic heterocycles. The van der Waals surface area contributed by atoms with E-state index in [1.54, 1.807) is 0 Å². The molecule has 2 N–H and O–H groups in total. The van der Waals surface area contributed by atoms with Gasteiger partial charge in [0.2, 0.25) is 5.91 Å². The van der Waals surface area contributed by atoms with Gasteiger partial charge in [0.15, 0.2) is 0 Å². The van der Waals surface area contributed by atoms with Crippen molar-refractivity contribution in [2.75, 3.05) is 11.9 Å². The summed E-state index contributed by atoms with van der Waals surface area (Å²) in [6.45, 7) is 6.62. The first-order valence-electron chi connectivity index (χ1n) is 7.71. The molecule has 0 aliphatic heterocycles. The molecule has 0 bridgehead atoms. The molecule has 1 amide bonds. The number of carbonyl (C=O) groups is 1. The average Bonchev–Trinajstić information content (AvgIpc) is 2.48. The van der Waals surface area contributed by atoms with Crippen LogP contribution in [0.15, 0.2) is 54.6 Å². The first kappa shape index (κ1) is 16.2. The Kier molecular flexibility index (Phi) is 5.73. The molecule has 0 saturated heterocycles. The van der Waals surface area contributed by atoms with Crippen LogP contribution in [0.1, 0.15) is 31.0 Å². The molecule has 116 valence electrons. The summed E-state index contributed by atoms with van der Waals surface area (Å²) in [5, 5.41) is 6.29. The zero-order valence-corrected chi connectivity index (χ0v) is 13.5. The smallest absolute Gasteiger partial charge is 0.238 e. The molecule has 2 rings (SSSR count). The third-order valence-electron chi connectivity index (χ3n) is 3.61. The second kappa shape index (κ2) is 7.76. The van der Waals surface area contributed by atoms with E-state index in [2.05, 4.69) is 36.6 Å². The van der Waals surface area contributed by atoms with Crippen LogP contribution in [0.2, 0.25) is 0 Å². The molecule has 0 heterocycles. The van der Waals surface area contributed by atoms with E-state index < -0.39 is 0 Å². The third-order valence-corrected chi connectivity index (χ3v) is 3.61. The molecule has 0 unspecified atom stereocenters. The predicted octanol–water partition coefficient (Wildman–Crippen LogP) is 3.92. The van der Waals surface area contributed by atoms with Gasteiger partial charge in [-0.2, -0.15) is 0 Å². The Hall–Kier alpha value is -2.13. The number of hydrogen-bond acceptors (Lipinski definition) is 2. The van der Waals surface area contributed by atoms with Gasteiger partial charge in [0.1, 0.15) is 0 Å². The van der Waals surface area contributed by atoms with E-state index in [0.29, 0.717) is 12.5 Å². The normalized spacial score (nSPS) is 12.2. The second-order valence-electron chi connectivity index (χ2n) is 5.93. The number of hydrogen-bond donors (Lipinski definition) is 2. The summed E-state index contributed by atoms with van der Waals surface area (Å²) in [7, 11) is 0. The minimum Gasteiger partial charge on any atom is -0.325 e. The Bertz CT molecular complexity index is 608. The molecule has 0 saturated carbocycles. The Morgan fingerprint density at radius 2 is 1.77 bits per heavy atom. The highest BCUT2D eigenvalue weighted by Crippen LogP contribution is 2.21. The van der Waals surface area contributed by atoms with Gasteiger partial charge < -0.3 is 10.6 Å². The molecule has 0 fully saturated rings. The van der Waals surface area contributed by atoms with Gasteiger partial charge in [0, 0.05) is 11.7 Å². The minimum absolute atomic E-state index is 0.0211. The van der Waals surface area contributed by atoms with Crippen molar-refractivity contribution < 1.29 is 4.79 Å². The molecule has 22 heavy (non-hydrogen) atoms. The maximum Gasteiger partial charge on any atom is 0.238 e. The van der Waals surface area contributed by atoms with E-state index in [1.807, 2.05) is 49.4 Å². The maximum atomic E-state index is 12.1. The third kappa shape index (κ3) is 4.71. The highest BCUT2D eigenvalue weighted by Gasteiger charge is 2.16. The zero-order chi connectivity index (χ0) is 15.9. The molecule has 2 aromatic carbocycles. The quantitative estimate of drug-likeness (QED) is 0.848. The van der Waals surface area contributed by atoms with Crippen molar-refractivity contribution >= 4 is 11.6 Å². The Labute approximate surface area is 132 Å². The monoisotopic (exact) mass is 296 g/mol. The van der Waals surface area contributed by atoms with E-state index in [9.17, 15) is 4.79 Å². The molecule has 3 heteroatoms. The number of aryl methyl sites for hydroxylation is 1. The van der Waals surface area contributed by atoms with E-state index in [1.165, 1.54) is 5.56 Å². The largest absolute Gasteiger partial charge is 0.325 e. The molecule has 3 nitrogen and oxygen atoms in total. The number of nitrogens with one attached hydrogen (secondary N) is 2. The Balaban J connectivity index is 1.94. The van der Waals surface area contributed by atoms with Gasteiger partial charge >= 0.3 is 0 Å². The van der Waals surface area contributed by atoms with Crippen molar-refractivity contribution in [3.63, 3.8) is 0 Å². The fourth-order valence-corrected chi connectivity index (χ4v) is 2.53. The van der Waals surface area contributed by atoms with Crippen LogP contribution in [-0.4, -0.2) is 12.5 Å². The van der Waals surface area contributed by atoms with Crippen molar-refractivity contribution in [3.8, 4) is 0 Å². The first-order valence-corrected chi connectivity index (χ1v) is 7.71. The van der Waals surface area contributed by atoms with Crippen LogP contribution in [0.25, 0.3) is 0 Å². The first-order chi connectivity index (χ1) is 10.6. The van der Waals surface area contributed by atoms with Crippen molar-refractivity contribution in [1.29, 1.82) is 0 Å². The molecular weight excluding hydrogens is 272 g/mol. The van der Waals surface area contributed by atoms with Gasteiger partial charge in [-0.05, 0) is 36.1 Å². The molecule has 1 atom stereocenters. The lowest BCUT2D eigenvalue weighted by Crippen LogP contribution is -2.33. The number of benzene rings is 2. The Morgan fingerprint density at radius 1 is 1.05 bits per heavy atom. The topological polar surface area (TPSA) is 41.1 Å². The summed E-state index contributed by atoms with van der Waals surface area (Å²) in [6, 6.07) is 18.2. The SMILES string of the molecule is Cc1cccc(NC(=O)CN[C@@H](c2ccccc2)C(C)C)c1. The van der Waals surface area contributed by atoms with E-state index in [-0.39, 0.29) is 11.9 Å². The van der Waals surface area contributed by atoms with Crippen LogP contribution >= 0.6 is 0 Å². The van der Waals surface area contributed by atoms with Gasteiger partial charge in [-0.25, -0.2) is 0 Å². The second-order valence-corrected chi connectivity index (χ2v) is 5.93. The van der Waals surface area contributed by atoms with E-state index in [0.717, 1.165) is 11.3 Å². The van der Waals surface area contributed by atoms with Crippen LogP contribution in [0.5, 0.6) is 0 Å². The maximum absolute atomic E-state index is 12.1. The number of carbonyl (C=O) groups excluding carboxylic acids is 1. The highest BCUT2D eigenvalue weighted by atomic mass is 16.1. The molecule has 2 aromatic rings. The predicted molar refractivity (Wildman–Crippen MR) is 91.8 cm³/mol. The van der Waals surface area contributed by atoms with Crippen LogP contribution < -0.4 is 10.6 Å². The molecule has 0 spiro atoms. The van der Waals surface area contributed by atoms with E-state index in [4.69, 9.17) is 0 Å². The molecule has 0 radical (unpaired) electrons. The number of amides is 1. The average molecular weight is 296 g/mol. The van der Waals surface area contributed by atoms with Crippen LogP contribution in [0.4, 0.5) is 5.69 Å². The highest BCUT2D eigenvalue weighted by molar-refractivity contribution is 5.92. The minimum atomic E-state index is -0.0211. The standard InChI is InChI=1S/C19H24N2O/c1-14(2)19(16-9-5-4-6-10-16)20-13-18(22)21-17-11-7-8-15(3)12-17/h4-12,14,19-20H,13H2,1-3H3,(H,21,22)/t19-/m1/s1. The van der Waals surface area contributed by atoms with Crippen molar-refractivity contribution in [2.24, 2.45) is 5.92 Å². The summed E-state index contributed by atoms with van der Waals surface area (Å²) < 4.78 is 0. The molecule has 0 aliphatic carbocycles. The van der Waals surface area contributed by atoms with Gasteiger partial charge in [-0.1, -0.05) is 56.3 Å². The lowest BCUT2D eigenvalue weighted by atomic mass is 9.96. The lowest BCUT2D eigenvalue weighted by Gasteiger charge is -2.22. The summed E-state index contributed by atoms with van der Waals surface area (Å²) >= 11 is 0. The number of anilines is 1. The summed E-state index contributed by atoms with van der Waals surface area (Å²) in [5.74, 6) is 0.390. The zero-order valence-electron chi connectivity index (χ0n) is 13.5. The van der Waals surface area contributed by atoms with Gasteiger partial charge in [0.05, 0.1) is 6.54 Å². The fraction of sp³-hybridized carbons (Fsp3) is 0.316. The molecule has 0 aliphatic rings. The fourth-order valence-electron chi connectivity index (χ4n) is 2.53. The van der Waals surface area contributed by atoms with Gasteiger partial charge in [-0.15, -0.1) is 0 Å². The van der Waals surface area contributed by atoms with Crippen LogP contribution in [0.3, 0.4) is 0 Å².